The summed E-state index contributed by atoms with van der Waals surface area (Å²) in [4.78, 5) is 13.9. The number of hydrogen-bond acceptors (Lipinski definition) is 7. The SMILES string of the molecule is CN(C)C1CCN(c2ccc(Nc3ncc(Cl)c(Nc4ccccc4P(C)C)n3)cc2OCC2CC2)CC1. The van der Waals surface area contributed by atoms with Gasteiger partial charge in [-0.05, 0) is 82.5 Å². The number of hydrogen-bond donors (Lipinski definition) is 2. The normalized spacial score (nSPS) is 16.2. The number of ether oxygens (including phenoxy) is 1. The van der Waals surface area contributed by atoms with Crippen molar-refractivity contribution in [3.05, 3.63) is 53.7 Å². The summed E-state index contributed by atoms with van der Waals surface area (Å²) in [6, 6.07) is 15.3. The fourth-order valence-electron chi connectivity index (χ4n) is 4.83. The first-order chi connectivity index (χ1) is 18.4. The van der Waals surface area contributed by atoms with Crippen LogP contribution in [0.15, 0.2) is 48.7 Å². The van der Waals surface area contributed by atoms with Gasteiger partial charge in [0.1, 0.15) is 10.8 Å². The number of para-hydroxylation sites is 1. The van der Waals surface area contributed by atoms with Gasteiger partial charge in [0.25, 0.3) is 0 Å². The van der Waals surface area contributed by atoms with Crippen LogP contribution in [0.1, 0.15) is 25.7 Å². The standard InChI is InChI=1S/C29H38ClN6OP/c1-35(2)22-13-15-36(16-14-22)25-12-11-21(17-26(25)37-19-20-9-10-20)32-29-31-18-23(30)28(34-29)33-24-7-5-6-8-27(24)38(3)4/h5-8,11-12,17-18,20,22H,9-10,13-16,19H2,1-4H3,(H2,31,32,33,34). The highest BCUT2D eigenvalue weighted by molar-refractivity contribution is 7.64. The summed E-state index contributed by atoms with van der Waals surface area (Å²) in [7, 11) is 4.07. The number of anilines is 5. The van der Waals surface area contributed by atoms with Crippen molar-refractivity contribution in [1.82, 2.24) is 14.9 Å². The largest absolute Gasteiger partial charge is 0.491 e. The number of nitrogens with zero attached hydrogens (tertiary/aromatic N) is 4. The minimum Gasteiger partial charge on any atom is -0.491 e. The van der Waals surface area contributed by atoms with Crippen molar-refractivity contribution in [3.8, 4) is 5.75 Å². The second-order valence-electron chi connectivity index (χ2n) is 10.7. The molecule has 2 fully saturated rings. The lowest BCUT2D eigenvalue weighted by Gasteiger charge is -2.37. The topological polar surface area (TPSA) is 65.5 Å². The van der Waals surface area contributed by atoms with Gasteiger partial charge >= 0.3 is 0 Å². The smallest absolute Gasteiger partial charge is 0.229 e. The van der Waals surface area contributed by atoms with Crippen LogP contribution < -0.4 is 25.6 Å². The predicted octanol–water partition coefficient (Wildman–Crippen LogP) is 6.30. The molecule has 2 heterocycles. The molecule has 2 aromatic carbocycles. The van der Waals surface area contributed by atoms with E-state index >= 15 is 0 Å². The Hall–Kier alpha value is -2.60. The minimum absolute atomic E-state index is 0.277. The highest BCUT2D eigenvalue weighted by atomic mass is 35.5. The zero-order valence-corrected chi connectivity index (χ0v) is 24.4. The molecule has 38 heavy (non-hydrogen) atoms. The second-order valence-corrected chi connectivity index (χ2v) is 13.3. The Balaban J connectivity index is 1.34. The molecule has 1 aliphatic heterocycles. The molecule has 1 aromatic heterocycles. The average molecular weight is 553 g/mol. The summed E-state index contributed by atoms with van der Waals surface area (Å²) in [5.41, 5.74) is 3.08. The minimum atomic E-state index is -0.277. The van der Waals surface area contributed by atoms with Crippen molar-refractivity contribution >= 4 is 53.7 Å². The maximum absolute atomic E-state index is 6.48. The van der Waals surface area contributed by atoms with Gasteiger partial charge in [-0.15, -0.1) is 0 Å². The van der Waals surface area contributed by atoms with E-state index in [4.69, 9.17) is 21.3 Å². The van der Waals surface area contributed by atoms with Crippen LogP contribution in [0, 0.1) is 5.92 Å². The van der Waals surface area contributed by atoms with E-state index in [0.717, 1.165) is 49.7 Å². The van der Waals surface area contributed by atoms with E-state index in [0.29, 0.717) is 28.7 Å². The Morgan fingerprint density at radius 2 is 1.82 bits per heavy atom. The molecular weight excluding hydrogens is 515 g/mol. The summed E-state index contributed by atoms with van der Waals surface area (Å²) in [6.45, 7) is 7.31. The summed E-state index contributed by atoms with van der Waals surface area (Å²) >= 11 is 6.48. The number of rotatable bonds is 10. The number of aromatic nitrogens is 2. The molecule has 0 unspecified atom stereocenters. The van der Waals surface area contributed by atoms with Crippen molar-refractivity contribution < 1.29 is 4.74 Å². The van der Waals surface area contributed by atoms with Gasteiger partial charge in [0.05, 0.1) is 18.5 Å². The summed E-state index contributed by atoms with van der Waals surface area (Å²) < 4.78 is 6.36. The maximum Gasteiger partial charge on any atom is 0.229 e. The second kappa shape index (κ2) is 12.1. The van der Waals surface area contributed by atoms with Gasteiger partial charge in [0.2, 0.25) is 5.95 Å². The van der Waals surface area contributed by atoms with Gasteiger partial charge in [0, 0.05) is 36.6 Å². The molecule has 2 aliphatic rings. The van der Waals surface area contributed by atoms with Crippen LogP contribution in [-0.4, -0.2) is 68.0 Å². The van der Waals surface area contributed by atoms with Crippen LogP contribution in [0.2, 0.25) is 5.02 Å². The molecule has 1 aliphatic carbocycles. The van der Waals surface area contributed by atoms with Gasteiger partial charge in [-0.25, -0.2) is 4.98 Å². The number of nitrogens with one attached hydrogen (secondary N) is 2. The van der Waals surface area contributed by atoms with Gasteiger partial charge in [-0.2, -0.15) is 4.98 Å². The molecule has 0 radical (unpaired) electrons. The molecule has 7 nitrogen and oxygen atoms in total. The van der Waals surface area contributed by atoms with E-state index in [9.17, 15) is 0 Å². The van der Waals surface area contributed by atoms with E-state index in [1.165, 1.54) is 23.8 Å². The fraction of sp³-hybridized carbons (Fsp3) is 0.448. The van der Waals surface area contributed by atoms with Crippen LogP contribution >= 0.6 is 19.5 Å². The van der Waals surface area contributed by atoms with E-state index in [-0.39, 0.29) is 7.92 Å². The van der Waals surface area contributed by atoms with Crippen LogP contribution in [-0.2, 0) is 0 Å². The van der Waals surface area contributed by atoms with Crippen molar-refractivity contribution in [3.63, 3.8) is 0 Å². The third kappa shape index (κ3) is 6.69. The molecule has 2 N–H and O–H groups in total. The first-order valence-electron chi connectivity index (χ1n) is 13.4. The Morgan fingerprint density at radius 1 is 1.05 bits per heavy atom. The monoisotopic (exact) mass is 552 g/mol. The fourth-order valence-corrected chi connectivity index (χ4v) is 5.96. The van der Waals surface area contributed by atoms with Gasteiger partial charge in [-0.3, -0.25) is 0 Å². The molecule has 5 rings (SSSR count). The van der Waals surface area contributed by atoms with E-state index in [1.807, 2.05) is 6.07 Å². The lowest BCUT2D eigenvalue weighted by Crippen LogP contribution is -2.42. The Morgan fingerprint density at radius 3 is 2.53 bits per heavy atom. The number of piperidine rings is 1. The zero-order chi connectivity index (χ0) is 26.6. The molecule has 0 bridgehead atoms. The molecule has 1 saturated heterocycles. The summed E-state index contributed by atoms with van der Waals surface area (Å²) in [5.74, 6) is 2.67. The molecule has 9 heteroatoms. The first kappa shape index (κ1) is 27.0. The molecule has 0 amide bonds. The van der Waals surface area contributed by atoms with Crippen molar-refractivity contribution in [1.29, 1.82) is 0 Å². The van der Waals surface area contributed by atoms with Gasteiger partial charge in [0.15, 0.2) is 5.82 Å². The molecule has 0 atom stereocenters. The Labute approximate surface area is 232 Å². The Kier molecular flexibility index (Phi) is 8.57. The molecule has 0 spiro atoms. The molecule has 202 valence electrons. The van der Waals surface area contributed by atoms with Gasteiger partial charge in [-0.1, -0.05) is 37.7 Å². The van der Waals surface area contributed by atoms with Crippen LogP contribution in [0.5, 0.6) is 5.75 Å². The van der Waals surface area contributed by atoms with E-state index in [2.05, 4.69) is 89.2 Å². The van der Waals surface area contributed by atoms with E-state index < -0.39 is 0 Å². The highest BCUT2D eigenvalue weighted by Crippen LogP contribution is 2.37. The predicted molar refractivity (Wildman–Crippen MR) is 162 cm³/mol. The van der Waals surface area contributed by atoms with Crippen molar-refractivity contribution in [2.45, 2.75) is 31.7 Å². The summed E-state index contributed by atoms with van der Waals surface area (Å²) in [5, 5.41) is 8.54. The van der Waals surface area contributed by atoms with Crippen LogP contribution in [0.4, 0.5) is 28.8 Å². The molecular formula is C29H38ClN6OP. The Bertz CT molecular complexity index is 1240. The van der Waals surface area contributed by atoms with Crippen LogP contribution in [0.3, 0.4) is 0 Å². The van der Waals surface area contributed by atoms with E-state index in [1.54, 1.807) is 6.20 Å². The summed E-state index contributed by atoms with van der Waals surface area (Å²) in [6.07, 6.45) is 6.47. The quantitative estimate of drug-likeness (QED) is 0.286. The van der Waals surface area contributed by atoms with Gasteiger partial charge < -0.3 is 25.2 Å². The molecule has 3 aromatic rings. The molecule has 1 saturated carbocycles. The zero-order valence-electron chi connectivity index (χ0n) is 22.7. The third-order valence-corrected chi connectivity index (χ3v) is 8.94. The highest BCUT2D eigenvalue weighted by Gasteiger charge is 2.25. The van der Waals surface area contributed by atoms with Crippen LogP contribution in [0.25, 0.3) is 0 Å². The third-order valence-electron chi connectivity index (χ3n) is 7.31. The lowest BCUT2D eigenvalue weighted by molar-refractivity contribution is 0.248. The number of benzene rings is 2. The van der Waals surface area contributed by atoms with Crippen molar-refractivity contribution in [2.75, 3.05) is 62.7 Å². The first-order valence-corrected chi connectivity index (χ1v) is 16.0. The lowest BCUT2D eigenvalue weighted by atomic mass is 10.0. The maximum atomic E-state index is 6.48. The van der Waals surface area contributed by atoms with Crippen molar-refractivity contribution in [2.24, 2.45) is 5.92 Å². The number of halogens is 1. The average Bonchev–Trinajstić information content (AvgIpc) is 3.74.